The minimum absolute atomic E-state index is 0.0402. The molecule has 0 spiro atoms. The lowest BCUT2D eigenvalue weighted by molar-refractivity contribution is -0.133. The number of hydrogen-bond donors (Lipinski definition) is 1. The molecule has 18 heavy (non-hydrogen) atoms. The molecule has 0 aliphatic heterocycles. The molecule has 1 N–H and O–H groups in total. The molecule has 0 bridgehead atoms. The smallest absolute Gasteiger partial charge is 0.313 e. The Morgan fingerprint density at radius 3 is 3.17 bits per heavy atom. The Labute approximate surface area is 115 Å². The third-order valence-corrected chi connectivity index (χ3v) is 5.19. The Morgan fingerprint density at radius 1 is 1.61 bits per heavy atom. The molecule has 0 radical (unpaired) electrons. The summed E-state index contributed by atoms with van der Waals surface area (Å²) in [7, 11) is 0. The van der Waals surface area contributed by atoms with E-state index in [1.54, 1.807) is 6.33 Å². The molecule has 0 amide bonds. The van der Waals surface area contributed by atoms with Gasteiger partial charge < -0.3 is 9.67 Å². The SMILES string of the molecule is CCSC1CCC(n2cnnc2SCC(=O)O)C1. The summed E-state index contributed by atoms with van der Waals surface area (Å²) in [5.74, 6) is 0.374. The van der Waals surface area contributed by atoms with Gasteiger partial charge in [0.2, 0.25) is 0 Å². The van der Waals surface area contributed by atoms with E-state index < -0.39 is 5.97 Å². The average Bonchev–Trinajstić information content (AvgIpc) is 2.94. The van der Waals surface area contributed by atoms with Crippen LogP contribution < -0.4 is 0 Å². The van der Waals surface area contributed by atoms with E-state index in [0.29, 0.717) is 6.04 Å². The Morgan fingerprint density at radius 2 is 2.44 bits per heavy atom. The number of rotatable bonds is 6. The van der Waals surface area contributed by atoms with E-state index >= 15 is 0 Å². The average molecular weight is 287 g/mol. The predicted molar refractivity (Wildman–Crippen MR) is 73.2 cm³/mol. The normalized spacial score (nSPS) is 23.4. The second-order valence-electron chi connectivity index (χ2n) is 4.25. The number of carboxylic acids is 1. The first kappa shape index (κ1) is 13.7. The van der Waals surface area contributed by atoms with Gasteiger partial charge in [0.05, 0.1) is 5.75 Å². The molecular weight excluding hydrogens is 270 g/mol. The molecule has 2 atom stereocenters. The first-order chi connectivity index (χ1) is 8.70. The highest BCUT2D eigenvalue weighted by Crippen LogP contribution is 2.38. The lowest BCUT2D eigenvalue weighted by atomic mass is 10.2. The highest BCUT2D eigenvalue weighted by atomic mass is 32.2. The van der Waals surface area contributed by atoms with E-state index in [1.165, 1.54) is 18.2 Å². The van der Waals surface area contributed by atoms with Crippen LogP contribution in [0.15, 0.2) is 11.5 Å². The van der Waals surface area contributed by atoms with Crippen LogP contribution in [0.4, 0.5) is 0 Å². The fourth-order valence-corrected chi connectivity index (χ4v) is 4.10. The first-order valence-corrected chi connectivity index (χ1v) is 8.09. The Balaban J connectivity index is 1.97. The summed E-state index contributed by atoms with van der Waals surface area (Å²) in [6.07, 6.45) is 5.23. The van der Waals surface area contributed by atoms with Gasteiger partial charge in [0.15, 0.2) is 5.16 Å². The van der Waals surface area contributed by atoms with Crippen molar-refractivity contribution >= 4 is 29.5 Å². The van der Waals surface area contributed by atoms with Crippen LogP contribution >= 0.6 is 23.5 Å². The topological polar surface area (TPSA) is 68.0 Å². The van der Waals surface area contributed by atoms with Crippen molar-refractivity contribution in [2.45, 2.75) is 42.6 Å². The maximum atomic E-state index is 10.6. The zero-order chi connectivity index (χ0) is 13.0. The molecule has 2 rings (SSSR count). The van der Waals surface area contributed by atoms with Gasteiger partial charge in [-0.3, -0.25) is 4.79 Å². The van der Waals surface area contributed by atoms with Crippen molar-refractivity contribution in [3.63, 3.8) is 0 Å². The number of aromatic nitrogens is 3. The molecule has 0 aromatic carbocycles. The van der Waals surface area contributed by atoms with Gasteiger partial charge in [-0.05, 0) is 25.0 Å². The number of aliphatic carboxylic acids is 1. The minimum atomic E-state index is -0.819. The highest BCUT2D eigenvalue weighted by molar-refractivity contribution is 8.00. The van der Waals surface area contributed by atoms with Crippen molar-refractivity contribution in [1.29, 1.82) is 0 Å². The van der Waals surface area contributed by atoms with Crippen LogP contribution in [-0.4, -0.2) is 42.6 Å². The van der Waals surface area contributed by atoms with E-state index in [9.17, 15) is 4.79 Å². The zero-order valence-electron chi connectivity index (χ0n) is 10.3. The van der Waals surface area contributed by atoms with E-state index in [4.69, 9.17) is 5.11 Å². The van der Waals surface area contributed by atoms with Gasteiger partial charge in [-0.15, -0.1) is 10.2 Å². The Bertz CT molecular complexity index is 411. The van der Waals surface area contributed by atoms with E-state index in [-0.39, 0.29) is 5.75 Å². The number of nitrogens with zero attached hydrogens (tertiary/aromatic N) is 3. The summed E-state index contributed by atoms with van der Waals surface area (Å²) in [4.78, 5) is 10.6. The van der Waals surface area contributed by atoms with Crippen LogP contribution in [-0.2, 0) is 4.79 Å². The van der Waals surface area contributed by atoms with E-state index in [2.05, 4.69) is 17.1 Å². The third kappa shape index (κ3) is 3.41. The maximum absolute atomic E-state index is 10.6. The monoisotopic (exact) mass is 287 g/mol. The van der Waals surface area contributed by atoms with Crippen LogP contribution in [0.5, 0.6) is 0 Å². The Hall–Kier alpha value is -0.690. The first-order valence-electron chi connectivity index (χ1n) is 6.06. The van der Waals surface area contributed by atoms with Crippen LogP contribution in [0.2, 0.25) is 0 Å². The molecular formula is C11H17N3O2S2. The molecule has 1 saturated carbocycles. The summed E-state index contributed by atoms with van der Waals surface area (Å²) >= 11 is 3.26. The number of hydrogen-bond acceptors (Lipinski definition) is 5. The van der Waals surface area contributed by atoms with Crippen molar-refractivity contribution in [3.8, 4) is 0 Å². The van der Waals surface area contributed by atoms with Crippen LogP contribution in [0.25, 0.3) is 0 Å². The Kier molecular flexibility index (Phi) is 4.94. The fraction of sp³-hybridized carbons (Fsp3) is 0.727. The van der Waals surface area contributed by atoms with Gasteiger partial charge in [0.25, 0.3) is 0 Å². The number of carboxylic acid groups (broad SMARTS) is 1. The van der Waals surface area contributed by atoms with Gasteiger partial charge in [-0.1, -0.05) is 18.7 Å². The van der Waals surface area contributed by atoms with Crippen molar-refractivity contribution in [2.75, 3.05) is 11.5 Å². The van der Waals surface area contributed by atoms with E-state index in [0.717, 1.165) is 29.0 Å². The van der Waals surface area contributed by atoms with Crippen molar-refractivity contribution in [1.82, 2.24) is 14.8 Å². The fourth-order valence-electron chi connectivity index (χ4n) is 2.27. The van der Waals surface area contributed by atoms with Crippen molar-refractivity contribution < 1.29 is 9.90 Å². The summed E-state index contributed by atoms with van der Waals surface area (Å²) in [5, 5.41) is 18.1. The van der Waals surface area contributed by atoms with Crippen LogP contribution in [0.1, 0.15) is 32.2 Å². The molecule has 7 heteroatoms. The summed E-state index contributed by atoms with van der Waals surface area (Å²) < 4.78 is 2.05. The van der Waals surface area contributed by atoms with Gasteiger partial charge >= 0.3 is 5.97 Å². The van der Waals surface area contributed by atoms with Crippen LogP contribution in [0, 0.1) is 0 Å². The highest BCUT2D eigenvalue weighted by Gasteiger charge is 2.27. The van der Waals surface area contributed by atoms with Gasteiger partial charge in [-0.25, -0.2) is 0 Å². The van der Waals surface area contributed by atoms with Gasteiger partial charge in [0, 0.05) is 11.3 Å². The molecule has 1 aliphatic carbocycles. The van der Waals surface area contributed by atoms with E-state index in [1.807, 2.05) is 16.3 Å². The summed E-state index contributed by atoms with van der Waals surface area (Å²) in [6, 6.07) is 0.431. The third-order valence-electron chi connectivity index (χ3n) is 3.02. The quantitative estimate of drug-likeness (QED) is 0.810. The lowest BCUT2D eigenvalue weighted by Crippen LogP contribution is -2.08. The molecule has 1 aromatic rings. The van der Waals surface area contributed by atoms with Gasteiger partial charge in [0.1, 0.15) is 6.33 Å². The van der Waals surface area contributed by atoms with Crippen molar-refractivity contribution in [2.24, 2.45) is 0 Å². The molecule has 1 heterocycles. The minimum Gasteiger partial charge on any atom is -0.481 e. The van der Waals surface area contributed by atoms with Gasteiger partial charge in [-0.2, -0.15) is 11.8 Å². The standard InChI is InChI=1S/C11H17N3O2S2/c1-2-17-9-4-3-8(5-9)14-7-12-13-11(14)18-6-10(15)16/h7-9H,2-6H2,1H3,(H,15,16). The maximum Gasteiger partial charge on any atom is 0.313 e. The molecule has 100 valence electrons. The second kappa shape index (κ2) is 6.47. The molecule has 1 aromatic heterocycles. The van der Waals surface area contributed by atoms with Crippen LogP contribution in [0.3, 0.4) is 0 Å². The summed E-state index contributed by atoms with van der Waals surface area (Å²) in [5.41, 5.74) is 0. The lowest BCUT2D eigenvalue weighted by Gasteiger charge is -2.13. The number of carbonyl (C=O) groups is 1. The molecule has 1 aliphatic rings. The molecule has 2 unspecified atom stereocenters. The zero-order valence-corrected chi connectivity index (χ0v) is 11.9. The predicted octanol–water partition coefficient (Wildman–Crippen LogP) is 2.30. The number of thioether (sulfide) groups is 2. The molecule has 0 saturated heterocycles. The summed E-state index contributed by atoms with van der Waals surface area (Å²) in [6.45, 7) is 2.19. The van der Waals surface area contributed by atoms with Crippen molar-refractivity contribution in [3.05, 3.63) is 6.33 Å². The molecule has 1 fully saturated rings. The largest absolute Gasteiger partial charge is 0.481 e. The second-order valence-corrected chi connectivity index (χ2v) is 6.77. The molecule has 5 nitrogen and oxygen atoms in total.